The van der Waals surface area contributed by atoms with Crippen molar-refractivity contribution in [3.63, 3.8) is 0 Å². The molecular weight excluding hydrogens is 240 g/mol. The lowest BCUT2D eigenvalue weighted by atomic mass is 10.2. The normalized spacial score (nSPS) is 19.5. The largest absolute Gasteiger partial charge is 0.394 e. The Kier molecular flexibility index (Phi) is 5.79. The molecule has 1 saturated heterocycles. The Balaban J connectivity index is 1.73. The van der Waals surface area contributed by atoms with Crippen LogP contribution in [0.2, 0.25) is 0 Å². The molecule has 0 amide bonds. The first-order valence-electron chi connectivity index (χ1n) is 6.94. The molecule has 1 aliphatic heterocycles. The Hall–Kier alpha value is -0.940. The van der Waals surface area contributed by atoms with Crippen LogP contribution in [0.4, 0.5) is 0 Å². The van der Waals surface area contributed by atoms with Crippen LogP contribution in [0, 0.1) is 0 Å². The van der Waals surface area contributed by atoms with Gasteiger partial charge in [0.1, 0.15) is 0 Å². The van der Waals surface area contributed by atoms with Gasteiger partial charge in [0.25, 0.3) is 0 Å². The summed E-state index contributed by atoms with van der Waals surface area (Å²) in [5.74, 6) is 0. The summed E-state index contributed by atoms with van der Waals surface area (Å²) >= 11 is 0. The maximum Gasteiger partial charge on any atom is 0.0928 e. The van der Waals surface area contributed by atoms with Gasteiger partial charge in [-0.15, -0.1) is 0 Å². The van der Waals surface area contributed by atoms with Crippen molar-refractivity contribution in [1.82, 2.24) is 9.80 Å². The summed E-state index contributed by atoms with van der Waals surface area (Å²) in [5, 5.41) is 9.14. The highest BCUT2D eigenvalue weighted by molar-refractivity contribution is 5.14. The minimum absolute atomic E-state index is 0.0549. The molecule has 0 aromatic heterocycles. The molecule has 1 aromatic rings. The zero-order valence-corrected chi connectivity index (χ0v) is 11.7. The molecule has 1 fully saturated rings. The van der Waals surface area contributed by atoms with Crippen LogP contribution in [0.5, 0.6) is 0 Å². The first-order chi connectivity index (χ1) is 9.31. The maximum absolute atomic E-state index is 9.14. The van der Waals surface area contributed by atoms with Gasteiger partial charge in [0, 0.05) is 46.4 Å². The van der Waals surface area contributed by atoms with Crippen LogP contribution in [0.25, 0.3) is 0 Å². The average Bonchev–Trinajstić information content (AvgIpc) is 2.47. The number of aliphatic hydroxyl groups excluding tert-OH is 1. The smallest absolute Gasteiger partial charge is 0.0928 e. The summed E-state index contributed by atoms with van der Waals surface area (Å²) in [6.45, 7) is 6.21. The van der Waals surface area contributed by atoms with Crippen molar-refractivity contribution in [2.45, 2.75) is 12.6 Å². The molecule has 1 heterocycles. The Morgan fingerprint density at radius 3 is 2.32 bits per heavy atom. The van der Waals surface area contributed by atoms with Gasteiger partial charge in [-0.25, -0.2) is 0 Å². The number of piperazine rings is 1. The first kappa shape index (κ1) is 14.5. The third-order valence-corrected chi connectivity index (χ3v) is 3.71. The maximum atomic E-state index is 9.14. The standard InChI is InChI=1S/C15H24N2O2/c1-19-15(13-18)12-17-9-7-16(8-10-17)11-14-5-3-2-4-6-14/h2-6,15,18H,7-13H2,1H3/t15-/m0/s1. The van der Waals surface area contributed by atoms with E-state index in [0.29, 0.717) is 0 Å². The highest BCUT2D eigenvalue weighted by Gasteiger charge is 2.19. The fraction of sp³-hybridized carbons (Fsp3) is 0.600. The lowest BCUT2D eigenvalue weighted by Crippen LogP contribution is -2.48. The number of nitrogens with zero attached hydrogens (tertiary/aromatic N) is 2. The van der Waals surface area contributed by atoms with E-state index in [2.05, 4.69) is 40.1 Å². The molecule has 0 spiro atoms. The molecule has 19 heavy (non-hydrogen) atoms. The number of methoxy groups -OCH3 is 1. The van der Waals surface area contributed by atoms with E-state index in [-0.39, 0.29) is 12.7 Å². The van der Waals surface area contributed by atoms with Gasteiger partial charge in [0.2, 0.25) is 0 Å². The van der Waals surface area contributed by atoms with E-state index in [0.717, 1.165) is 39.3 Å². The SMILES string of the molecule is CO[C@H](CO)CN1CCN(Cc2ccccc2)CC1. The van der Waals surface area contributed by atoms with Crippen LogP contribution >= 0.6 is 0 Å². The molecule has 1 aromatic carbocycles. The van der Waals surface area contributed by atoms with Crippen LogP contribution in [0.3, 0.4) is 0 Å². The third-order valence-electron chi connectivity index (χ3n) is 3.71. The van der Waals surface area contributed by atoms with Crippen molar-refractivity contribution < 1.29 is 9.84 Å². The number of hydrogen-bond donors (Lipinski definition) is 1. The van der Waals surface area contributed by atoms with Gasteiger partial charge in [0.15, 0.2) is 0 Å². The van der Waals surface area contributed by atoms with E-state index in [1.165, 1.54) is 5.56 Å². The molecule has 4 nitrogen and oxygen atoms in total. The molecule has 0 aliphatic carbocycles. The molecule has 1 aliphatic rings. The van der Waals surface area contributed by atoms with Gasteiger partial charge >= 0.3 is 0 Å². The topological polar surface area (TPSA) is 35.9 Å². The van der Waals surface area contributed by atoms with Crippen molar-refractivity contribution >= 4 is 0 Å². The molecule has 0 unspecified atom stereocenters. The van der Waals surface area contributed by atoms with Crippen molar-refractivity contribution in [2.75, 3.05) is 46.4 Å². The van der Waals surface area contributed by atoms with E-state index in [4.69, 9.17) is 9.84 Å². The molecule has 0 radical (unpaired) electrons. The first-order valence-corrected chi connectivity index (χ1v) is 6.94. The number of rotatable bonds is 6. The molecular formula is C15H24N2O2. The van der Waals surface area contributed by atoms with Gasteiger partial charge in [-0.2, -0.15) is 0 Å². The Morgan fingerprint density at radius 2 is 1.74 bits per heavy atom. The Labute approximate surface area is 115 Å². The van der Waals surface area contributed by atoms with Gasteiger partial charge < -0.3 is 9.84 Å². The monoisotopic (exact) mass is 264 g/mol. The van der Waals surface area contributed by atoms with Crippen LogP contribution in [0.15, 0.2) is 30.3 Å². The van der Waals surface area contributed by atoms with Crippen LogP contribution in [0.1, 0.15) is 5.56 Å². The Morgan fingerprint density at radius 1 is 1.11 bits per heavy atom. The lowest BCUT2D eigenvalue weighted by Gasteiger charge is -2.35. The van der Waals surface area contributed by atoms with E-state index in [1.807, 2.05) is 0 Å². The highest BCUT2D eigenvalue weighted by atomic mass is 16.5. The second kappa shape index (κ2) is 7.60. The second-order valence-electron chi connectivity index (χ2n) is 5.10. The molecule has 4 heteroatoms. The highest BCUT2D eigenvalue weighted by Crippen LogP contribution is 2.09. The quantitative estimate of drug-likeness (QED) is 0.825. The van der Waals surface area contributed by atoms with E-state index in [1.54, 1.807) is 7.11 Å². The lowest BCUT2D eigenvalue weighted by molar-refractivity contribution is 0.00915. The minimum atomic E-state index is -0.0549. The van der Waals surface area contributed by atoms with Crippen molar-refractivity contribution in [1.29, 1.82) is 0 Å². The van der Waals surface area contributed by atoms with Crippen LogP contribution in [-0.4, -0.2) is 67.5 Å². The molecule has 1 atom stereocenters. The summed E-state index contributed by atoms with van der Waals surface area (Å²) in [7, 11) is 1.66. The fourth-order valence-electron chi connectivity index (χ4n) is 2.47. The molecule has 0 saturated carbocycles. The molecule has 0 bridgehead atoms. The number of aliphatic hydroxyl groups is 1. The van der Waals surface area contributed by atoms with Gasteiger partial charge in [0.05, 0.1) is 12.7 Å². The van der Waals surface area contributed by atoms with Gasteiger partial charge in [-0.3, -0.25) is 9.80 Å². The molecule has 1 N–H and O–H groups in total. The zero-order chi connectivity index (χ0) is 13.5. The second-order valence-corrected chi connectivity index (χ2v) is 5.10. The average molecular weight is 264 g/mol. The zero-order valence-electron chi connectivity index (χ0n) is 11.7. The van der Waals surface area contributed by atoms with Crippen molar-refractivity contribution in [3.8, 4) is 0 Å². The molecule has 2 rings (SSSR count). The summed E-state index contributed by atoms with van der Waals surface area (Å²) in [6, 6.07) is 10.6. The van der Waals surface area contributed by atoms with Gasteiger partial charge in [-0.1, -0.05) is 30.3 Å². The fourth-order valence-corrected chi connectivity index (χ4v) is 2.47. The van der Waals surface area contributed by atoms with Crippen LogP contribution in [-0.2, 0) is 11.3 Å². The summed E-state index contributed by atoms with van der Waals surface area (Å²) in [5.41, 5.74) is 1.38. The van der Waals surface area contributed by atoms with Crippen LogP contribution < -0.4 is 0 Å². The minimum Gasteiger partial charge on any atom is -0.394 e. The third kappa shape index (κ3) is 4.58. The molecule has 106 valence electrons. The number of hydrogen-bond acceptors (Lipinski definition) is 4. The van der Waals surface area contributed by atoms with Gasteiger partial charge in [-0.05, 0) is 5.56 Å². The summed E-state index contributed by atoms with van der Waals surface area (Å²) in [4.78, 5) is 4.85. The Bertz CT molecular complexity index is 346. The van der Waals surface area contributed by atoms with Crippen molar-refractivity contribution in [2.24, 2.45) is 0 Å². The predicted molar refractivity (Wildman–Crippen MR) is 76.0 cm³/mol. The number of benzene rings is 1. The van der Waals surface area contributed by atoms with Crippen molar-refractivity contribution in [3.05, 3.63) is 35.9 Å². The van der Waals surface area contributed by atoms with E-state index in [9.17, 15) is 0 Å². The predicted octanol–water partition coefficient (Wildman–Crippen LogP) is 0.811. The summed E-state index contributed by atoms with van der Waals surface area (Å²) < 4.78 is 5.22. The van der Waals surface area contributed by atoms with E-state index < -0.39 is 0 Å². The number of ether oxygens (including phenoxy) is 1. The van der Waals surface area contributed by atoms with E-state index >= 15 is 0 Å². The summed E-state index contributed by atoms with van der Waals surface area (Å²) in [6.07, 6.45) is -0.0549.